The van der Waals surface area contributed by atoms with Gasteiger partial charge in [0, 0.05) is 44.3 Å². The van der Waals surface area contributed by atoms with Gasteiger partial charge >= 0.3 is 0 Å². The van der Waals surface area contributed by atoms with E-state index < -0.39 is 0 Å². The molecule has 0 bridgehead atoms. The SMILES string of the molecule is Cc1ccccc1Nc1ccc2c(c1-c1cc(-c3ccccc3C)cc3c1Bc1cccc4c5ccccc5n-3c14)C(C)(C)c1ccccc1-2. The number of aryl methyl sites for hydroxylation is 2. The first kappa shape index (κ1) is 29.1. The van der Waals surface area contributed by atoms with Crippen molar-refractivity contribution in [3.05, 3.63) is 162 Å². The maximum atomic E-state index is 3.97. The monoisotopic (exact) mass is 640 g/mol. The molecule has 10 rings (SSSR count). The van der Waals surface area contributed by atoms with Crippen molar-refractivity contribution in [2.24, 2.45) is 0 Å². The highest BCUT2D eigenvalue weighted by atomic mass is 15.0. The van der Waals surface area contributed by atoms with Crippen LogP contribution in [0.1, 0.15) is 36.1 Å². The molecule has 50 heavy (non-hydrogen) atoms. The molecule has 2 nitrogen and oxygen atoms in total. The lowest BCUT2D eigenvalue weighted by atomic mass is 9.58. The lowest BCUT2D eigenvalue weighted by molar-refractivity contribution is 0.662. The molecular formula is C47H37BN2. The van der Waals surface area contributed by atoms with Gasteiger partial charge in [0.15, 0.2) is 7.28 Å². The summed E-state index contributed by atoms with van der Waals surface area (Å²) in [4.78, 5) is 0. The third-order valence-corrected chi connectivity index (χ3v) is 11.5. The quantitative estimate of drug-likeness (QED) is 0.190. The summed E-state index contributed by atoms with van der Waals surface area (Å²) in [5.74, 6) is 0. The van der Waals surface area contributed by atoms with E-state index in [4.69, 9.17) is 0 Å². The van der Waals surface area contributed by atoms with Crippen molar-refractivity contribution in [1.29, 1.82) is 0 Å². The standard InChI is InChI=1S/C47H37BN2/c1-28-14-5-7-16-31(28)30-26-36(45-42(27-30)50-41-23-12-9-18-33(41)35-19-13-21-38(48-45)46(35)50)43-40(49-39-22-11-6-15-29(39)2)25-24-34-32-17-8-10-20-37(32)47(3,4)44(34)43/h5-27,48-49H,1-4H3. The topological polar surface area (TPSA) is 17.0 Å². The van der Waals surface area contributed by atoms with Crippen LogP contribution < -0.4 is 16.2 Å². The minimum Gasteiger partial charge on any atom is -0.355 e. The summed E-state index contributed by atoms with van der Waals surface area (Å²) in [6.45, 7) is 9.25. The number of benzene rings is 7. The number of nitrogens with one attached hydrogen (secondary N) is 1. The summed E-state index contributed by atoms with van der Waals surface area (Å²) in [7, 11) is 0.868. The number of hydrogen-bond acceptors (Lipinski definition) is 1. The largest absolute Gasteiger partial charge is 0.355 e. The Balaban J connectivity index is 1.36. The summed E-state index contributed by atoms with van der Waals surface area (Å²) < 4.78 is 2.56. The molecule has 0 radical (unpaired) electrons. The smallest absolute Gasteiger partial charge is 0.198 e. The molecule has 1 aliphatic carbocycles. The molecule has 3 heteroatoms. The molecule has 0 spiro atoms. The average Bonchev–Trinajstić information content (AvgIpc) is 3.59. The van der Waals surface area contributed by atoms with Gasteiger partial charge in [-0.3, -0.25) is 0 Å². The van der Waals surface area contributed by atoms with Crippen molar-refractivity contribution in [1.82, 2.24) is 4.57 Å². The molecule has 0 atom stereocenters. The normalized spacial score (nSPS) is 13.5. The molecule has 1 N–H and O–H groups in total. The van der Waals surface area contributed by atoms with E-state index in [1.165, 1.54) is 94.1 Å². The van der Waals surface area contributed by atoms with Gasteiger partial charge in [0.2, 0.25) is 0 Å². The highest BCUT2D eigenvalue weighted by molar-refractivity contribution is 6.73. The summed E-state index contributed by atoms with van der Waals surface area (Å²) in [5, 5.41) is 6.60. The zero-order valence-electron chi connectivity index (χ0n) is 28.9. The molecule has 7 aromatic carbocycles. The van der Waals surface area contributed by atoms with Crippen molar-refractivity contribution in [2.75, 3.05) is 5.32 Å². The van der Waals surface area contributed by atoms with E-state index >= 15 is 0 Å². The van der Waals surface area contributed by atoms with Gasteiger partial charge in [-0.15, -0.1) is 0 Å². The molecular weight excluding hydrogens is 603 g/mol. The van der Waals surface area contributed by atoms with E-state index in [0.717, 1.165) is 18.7 Å². The second-order valence-electron chi connectivity index (χ2n) is 14.7. The first-order valence-corrected chi connectivity index (χ1v) is 17.7. The van der Waals surface area contributed by atoms with Gasteiger partial charge < -0.3 is 9.88 Å². The Morgan fingerprint density at radius 2 is 1.30 bits per heavy atom. The van der Waals surface area contributed by atoms with E-state index in [2.05, 4.69) is 177 Å². The summed E-state index contributed by atoms with van der Waals surface area (Å²) in [6.07, 6.45) is 0. The molecule has 0 amide bonds. The maximum Gasteiger partial charge on any atom is 0.198 e. The van der Waals surface area contributed by atoms with Crippen LogP contribution in [0.5, 0.6) is 0 Å². The van der Waals surface area contributed by atoms with Crippen LogP contribution in [0.15, 0.2) is 140 Å². The molecule has 0 unspecified atom stereocenters. The number of aromatic nitrogens is 1. The molecule has 1 aromatic heterocycles. The lowest BCUT2D eigenvalue weighted by Gasteiger charge is -2.30. The van der Waals surface area contributed by atoms with Crippen molar-refractivity contribution < 1.29 is 0 Å². The number of anilines is 2. The molecule has 2 aliphatic rings. The Hall–Kier alpha value is -5.80. The number of hydrogen-bond donors (Lipinski definition) is 1. The Labute approximate surface area is 294 Å². The second kappa shape index (κ2) is 10.6. The van der Waals surface area contributed by atoms with Crippen molar-refractivity contribution in [3.8, 4) is 39.1 Å². The van der Waals surface area contributed by atoms with E-state index in [1.807, 2.05) is 0 Å². The van der Waals surface area contributed by atoms with Crippen LogP contribution in [-0.4, -0.2) is 11.8 Å². The van der Waals surface area contributed by atoms with Crippen LogP contribution in [0.3, 0.4) is 0 Å². The fourth-order valence-corrected chi connectivity index (χ4v) is 9.11. The van der Waals surface area contributed by atoms with Gasteiger partial charge in [-0.05, 0) is 99.7 Å². The van der Waals surface area contributed by atoms with Crippen LogP contribution in [-0.2, 0) is 5.41 Å². The number of para-hydroxylation sites is 3. The Morgan fingerprint density at radius 3 is 2.14 bits per heavy atom. The Morgan fingerprint density at radius 1 is 0.580 bits per heavy atom. The van der Waals surface area contributed by atoms with Gasteiger partial charge in [-0.25, -0.2) is 0 Å². The van der Waals surface area contributed by atoms with Gasteiger partial charge in [0.05, 0.1) is 5.52 Å². The third-order valence-electron chi connectivity index (χ3n) is 11.5. The van der Waals surface area contributed by atoms with Crippen LogP contribution in [0.25, 0.3) is 60.9 Å². The zero-order chi connectivity index (χ0) is 33.7. The van der Waals surface area contributed by atoms with Crippen molar-refractivity contribution in [2.45, 2.75) is 33.1 Å². The molecule has 0 saturated heterocycles. The van der Waals surface area contributed by atoms with Crippen LogP contribution >= 0.6 is 0 Å². The predicted octanol–water partition coefficient (Wildman–Crippen LogP) is 10.5. The molecule has 8 aromatic rings. The van der Waals surface area contributed by atoms with Gasteiger partial charge in [-0.1, -0.05) is 129 Å². The number of nitrogens with zero attached hydrogens (tertiary/aromatic N) is 1. The summed E-state index contributed by atoms with van der Waals surface area (Å²) in [5.41, 5.74) is 21.8. The molecule has 2 heterocycles. The number of rotatable bonds is 4. The molecule has 0 fully saturated rings. The van der Waals surface area contributed by atoms with Gasteiger partial charge in [0.1, 0.15) is 0 Å². The van der Waals surface area contributed by atoms with Crippen LogP contribution in [0, 0.1) is 13.8 Å². The van der Waals surface area contributed by atoms with Gasteiger partial charge in [-0.2, -0.15) is 0 Å². The fourth-order valence-electron chi connectivity index (χ4n) is 9.11. The Kier molecular flexibility index (Phi) is 6.18. The highest BCUT2D eigenvalue weighted by Crippen LogP contribution is 2.54. The summed E-state index contributed by atoms with van der Waals surface area (Å²) in [6, 6.07) is 51.9. The van der Waals surface area contributed by atoms with Crippen molar-refractivity contribution in [3.63, 3.8) is 0 Å². The minimum atomic E-state index is -0.198. The first-order valence-electron chi connectivity index (χ1n) is 17.7. The Bertz CT molecular complexity index is 2710. The lowest BCUT2D eigenvalue weighted by Crippen LogP contribution is -2.37. The third kappa shape index (κ3) is 4.04. The number of fused-ring (bicyclic) bond motifs is 8. The zero-order valence-corrected chi connectivity index (χ0v) is 28.9. The van der Waals surface area contributed by atoms with Crippen molar-refractivity contribution >= 4 is 51.4 Å². The van der Waals surface area contributed by atoms with Gasteiger partial charge in [0.25, 0.3) is 0 Å². The van der Waals surface area contributed by atoms with Crippen LogP contribution in [0.2, 0.25) is 0 Å². The van der Waals surface area contributed by atoms with E-state index in [0.29, 0.717) is 0 Å². The average molecular weight is 641 g/mol. The molecule has 238 valence electrons. The molecule has 1 aliphatic heterocycles. The minimum absolute atomic E-state index is 0.198. The summed E-state index contributed by atoms with van der Waals surface area (Å²) >= 11 is 0. The maximum absolute atomic E-state index is 3.97. The second-order valence-corrected chi connectivity index (χ2v) is 14.7. The predicted molar refractivity (Wildman–Crippen MR) is 215 cm³/mol. The van der Waals surface area contributed by atoms with E-state index in [-0.39, 0.29) is 5.41 Å². The fraction of sp³-hybridized carbons (Fsp3) is 0.106. The van der Waals surface area contributed by atoms with E-state index in [1.54, 1.807) is 0 Å². The van der Waals surface area contributed by atoms with Crippen LogP contribution in [0.4, 0.5) is 11.4 Å². The highest BCUT2D eigenvalue weighted by Gasteiger charge is 2.39. The molecule has 0 saturated carbocycles. The first-order chi connectivity index (χ1) is 24.4. The van der Waals surface area contributed by atoms with E-state index in [9.17, 15) is 0 Å².